The third kappa shape index (κ3) is 1.88. The monoisotopic (exact) mass is 205 g/mol. The molecule has 1 saturated heterocycles. The summed E-state index contributed by atoms with van der Waals surface area (Å²) in [6.45, 7) is 2.71. The number of amides is 2. The number of nitrogens with one attached hydrogen (secondary N) is 2. The highest BCUT2D eigenvalue weighted by molar-refractivity contribution is 5.76. The lowest BCUT2D eigenvalue weighted by Gasteiger charge is -2.35. The van der Waals surface area contributed by atoms with Crippen molar-refractivity contribution in [2.45, 2.75) is 18.9 Å². The van der Waals surface area contributed by atoms with E-state index in [0.29, 0.717) is 6.54 Å². The van der Waals surface area contributed by atoms with Crippen LogP contribution in [0.3, 0.4) is 0 Å². The number of carbonyl (C=O) groups excluding carboxylic acids is 1. The van der Waals surface area contributed by atoms with Gasteiger partial charge in [-0.15, -0.1) is 0 Å². The van der Waals surface area contributed by atoms with Gasteiger partial charge in [0.1, 0.15) is 0 Å². The van der Waals surface area contributed by atoms with Crippen molar-refractivity contribution in [2.75, 3.05) is 12.3 Å². The number of rotatable bonds is 1. The molecule has 1 fully saturated rings. The van der Waals surface area contributed by atoms with Crippen LogP contribution in [0, 0.1) is 0 Å². The van der Waals surface area contributed by atoms with E-state index in [1.54, 1.807) is 0 Å². The number of carbonyl (C=O) groups is 1. The molecule has 1 unspecified atom stereocenters. The van der Waals surface area contributed by atoms with Crippen LogP contribution in [-0.2, 0) is 5.54 Å². The average Bonchev–Trinajstić information content (AvgIpc) is 2.17. The van der Waals surface area contributed by atoms with E-state index < -0.39 is 0 Å². The molecule has 1 aliphatic heterocycles. The fraction of sp³-hybridized carbons (Fsp3) is 0.364. The highest BCUT2D eigenvalue weighted by Crippen LogP contribution is 2.27. The van der Waals surface area contributed by atoms with Crippen molar-refractivity contribution >= 4 is 11.7 Å². The molecule has 4 heteroatoms. The minimum Gasteiger partial charge on any atom is -0.399 e. The second-order valence-corrected chi connectivity index (χ2v) is 4.09. The zero-order chi connectivity index (χ0) is 10.9. The SMILES string of the molecule is CC1(c2cccc(N)c2)CCNC(=O)N1. The quantitative estimate of drug-likeness (QED) is 0.603. The number of nitrogens with two attached hydrogens (primary N) is 1. The van der Waals surface area contributed by atoms with Gasteiger partial charge >= 0.3 is 6.03 Å². The lowest BCUT2D eigenvalue weighted by atomic mass is 9.87. The minimum atomic E-state index is -0.308. The number of benzene rings is 1. The van der Waals surface area contributed by atoms with E-state index in [2.05, 4.69) is 10.6 Å². The van der Waals surface area contributed by atoms with E-state index in [9.17, 15) is 4.79 Å². The van der Waals surface area contributed by atoms with Gasteiger partial charge in [0.25, 0.3) is 0 Å². The Morgan fingerprint density at radius 3 is 2.93 bits per heavy atom. The molecule has 0 aliphatic carbocycles. The number of hydrogen-bond acceptors (Lipinski definition) is 2. The van der Waals surface area contributed by atoms with E-state index in [4.69, 9.17) is 5.73 Å². The maximum absolute atomic E-state index is 11.3. The van der Waals surface area contributed by atoms with Gasteiger partial charge < -0.3 is 16.4 Å². The van der Waals surface area contributed by atoms with Gasteiger partial charge in [0.2, 0.25) is 0 Å². The highest BCUT2D eigenvalue weighted by atomic mass is 16.2. The molecule has 80 valence electrons. The molecule has 2 rings (SSSR count). The predicted molar refractivity (Wildman–Crippen MR) is 59.4 cm³/mol. The first kappa shape index (κ1) is 9.83. The molecular formula is C11H15N3O. The number of hydrogen-bond donors (Lipinski definition) is 3. The van der Waals surface area contributed by atoms with Crippen LogP contribution >= 0.6 is 0 Å². The van der Waals surface area contributed by atoms with Gasteiger partial charge in [-0.3, -0.25) is 0 Å². The molecule has 0 bridgehead atoms. The Labute approximate surface area is 88.9 Å². The van der Waals surface area contributed by atoms with E-state index in [0.717, 1.165) is 17.7 Å². The normalized spacial score (nSPS) is 25.5. The lowest BCUT2D eigenvalue weighted by Crippen LogP contribution is -2.54. The van der Waals surface area contributed by atoms with Gasteiger partial charge in [-0.2, -0.15) is 0 Å². The molecule has 4 N–H and O–H groups in total. The summed E-state index contributed by atoms with van der Waals surface area (Å²) in [5.41, 5.74) is 7.20. The van der Waals surface area contributed by atoms with E-state index in [-0.39, 0.29) is 11.6 Å². The first-order valence-electron chi connectivity index (χ1n) is 5.02. The summed E-state index contributed by atoms with van der Waals surface area (Å²) in [6.07, 6.45) is 0.863. The Bertz CT molecular complexity index is 391. The van der Waals surface area contributed by atoms with Crippen LogP contribution in [0.4, 0.5) is 10.5 Å². The second kappa shape index (κ2) is 3.46. The van der Waals surface area contributed by atoms with E-state index in [1.807, 2.05) is 31.2 Å². The fourth-order valence-electron chi connectivity index (χ4n) is 1.88. The minimum absolute atomic E-state index is 0.119. The average molecular weight is 205 g/mol. The van der Waals surface area contributed by atoms with E-state index in [1.165, 1.54) is 0 Å². The van der Waals surface area contributed by atoms with Crippen LogP contribution < -0.4 is 16.4 Å². The number of anilines is 1. The fourth-order valence-corrected chi connectivity index (χ4v) is 1.88. The molecular weight excluding hydrogens is 190 g/mol. The van der Waals surface area contributed by atoms with Crippen molar-refractivity contribution in [3.05, 3.63) is 29.8 Å². The maximum Gasteiger partial charge on any atom is 0.315 e. The van der Waals surface area contributed by atoms with Crippen LogP contribution in [-0.4, -0.2) is 12.6 Å². The molecule has 0 spiro atoms. The molecule has 4 nitrogen and oxygen atoms in total. The van der Waals surface area contributed by atoms with Crippen molar-refractivity contribution in [3.8, 4) is 0 Å². The number of urea groups is 1. The highest BCUT2D eigenvalue weighted by Gasteiger charge is 2.31. The largest absolute Gasteiger partial charge is 0.399 e. The predicted octanol–water partition coefficient (Wildman–Crippen LogP) is 1.19. The summed E-state index contributed by atoms with van der Waals surface area (Å²) in [7, 11) is 0. The summed E-state index contributed by atoms with van der Waals surface area (Å²) in [4.78, 5) is 11.3. The third-order valence-electron chi connectivity index (χ3n) is 2.82. The topological polar surface area (TPSA) is 67.1 Å². The first-order valence-corrected chi connectivity index (χ1v) is 5.02. The summed E-state index contributed by atoms with van der Waals surface area (Å²) in [5, 5.41) is 5.67. The zero-order valence-electron chi connectivity index (χ0n) is 8.71. The standard InChI is InChI=1S/C11H15N3O/c1-11(5-6-13-10(15)14-11)8-3-2-4-9(12)7-8/h2-4,7H,5-6,12H2,1H3,(H2,13,14,15). The van der Waals surface area contributed by atoms with Gasteiger partial charge in [-0.1, -0.05) is 12.1 Å². The van der Waals surface area contributed by atoms with Crippen LogP contribution in [0.15, 0.2) is 24.3 Å². The maximum atomic E-state index is 11.3. The Kier molecular flexibility index (Phi) is 2.26. The van der Waals surface area contributed by atoms with Crippen molar-refractivity contribution in [1.82, 2.24) is 10.6 Å². The Hall–Kier alpha value is -1.71. The summed E-state index contributed by atoms with van der Waals surface area (Å²) in [6, 6.07) is 7.53. The molecule has 1 aromatic rings. The zero-order valence-corrected chi connectivity index (χ0v) is 8.71. The van der Waals surface area contributed by atoms with Crippen molar-refractivity contribution in [2.24, 2.45) is 0 Å². The van der Waals surface area contributed by atoms with Gasteiger partial charge in [-0.05, 0) is 31.0 Å². The molecule has 1 aliphatic rings. The Balaban J connectivity index is 2.32. The van der Waals surface area contributed by atoms with Crippen molar-refractivity contribution in [1.29, 1.82) is 0 Å². The van der Waals surface area contributed by atoms with Gasteiger partial charge in [-0.25, -0.2) is 4.79 Å². The molecule has 0 radical (unpaired) electrons. The molecule has 0 aromatic heterocycles. The van der Waals surface area contributed by atoms with Crippen LogP contribution in [0.5, 0.6) is 0 Å². The van der Waals surface area contributed by atoms with Gasteiger partial charge in [0, 0.05) is 12.2 Å². The van der Waals surface area contributed by atoms with Gasteiger partial charge in [0.15, 0.2) is 0 Å². The Morgan fingerprint density at radius 1 is 1.47 bits per heavy atom. The van der Waals surface area contributed by atoms with Crippen LogP contribution in [0.2, 0.25) is 0 Å². The van der Waals surface area contributed by atoms with Crippen LogP contribution in [0.1, 0.15) is 18.9 Å². The number of nitrogen functional groups attached to an aromatic ring is 1. The summed E-state index contributed by atoms with van der Waals surface area (Å²) in [5.74, 6) is 0. The summed E-state index contributed by atoms with van der Waals surface area (Å²) < 4.78 is 0. The third-order valence-corrected chi connectivity index (χ3v) is 2.82. The van der Waals surface area contributed by atoms with Crippen molar-refractivity contribution in [3.63, 3.8) is 0 Å². The molecule has 0 saturated carbocycles. The molecule has 15 heavy (non-hydrogen) atoms. The second-order valence-electron chi connectivity index (χ2n) is 4.09. The molecule has 1 heterocycles. The molecule has 1 aromatic carbocycles. The lowest BCUT2D eigenvalue weighted by molar-refractivity contribution is 0.211. The molecule has 1 atom stereocenters. The van der Waals surface area contributed by atoms with Crippen molar-refractivity contribution < 1.29 is 4.79 Å². The van der Waals surface area contributed by atoms with Gasteiger partial charge in [0.05, 0.1) is 5.54 Å². The molecule has 2 amide bonds. The smallest absolute Gasteiger partial charge is 0.315 e. The van der Waals surface area contributed by atoms with Crippen LogP contribution in [0.25, 0.3) is 0 Å². The summed E-state index contributed by atoms with van der Waals surface area (Å²) >= 11 is 0. The van der Waals surface area contributed by atoms with E-state index >= 15 is 0 Å². The Morgan fingerprint density at radius 2 is 2.27 bits per heavy atom. The first-order chi connectivity index (χ1) is 7.10.